The number of halogens is 1. The third-order valence-electron chi connectivity index (χ3n) is 2.77. The van der Waals surface area contributed by atoms with E-state index >= 15 is 0 Å². The summed E-state index contributed by atoms with van der Waals surface area (Å²) < 4.78 is 5.42. The van der Waals surface area contributed by atoms with E-state index < -0.39 is 0 Å². The van der Waals surface area contributed by atoms with E-state index in [0.29, 0.717) is 23.1 Å². The van der Waals surface area contributed by atoms with Crippen LogP contribution in [0.1, 0.15) is 5.56 Å². The Morgan fingerprint density at radius 1 is 1.23 bits per heavy atom. The van der Waals surface area contributed by atoms with E-state index in [1.165, 1.54) is 6.08 Å². The molecule has 3 nitrogen and oxygen atoms in total. The fourth-order valence-corrected chi connectivity index (χ4v) is 1.87. The zero-order valence-electron chi connectivity index (χ0n) is 12.0. The molecule has 0 heterocycles. The third-order valence-corrected chi connectivity index (χ3v) is 3.02. The zero-order chi connectivity index (χ0) is 15.8. The Hall–Kier alpha value is -2.52. The van der Waals surface area contributed by atoms with Gasteiger partial charge in [0.1, 0.15) is 12.4 Å². The van der Waals surface area contributed by atoms with Crippen molar-refractivity contribution < 1.29 is 9.53 Å². The van der Waals surface area contributed by atoms with Crippen LogP contribution in [0.5, 0.6) is 5.75 Å². The van der Waals surface area contributed by atoms with Gasteiger partial charge < -0.3 is 10.1 Å². The molecule has 2 aromatic carbocycles. The van der Waals surface area contributed by atoms with E-state index in [1.807, 2.05) is 24.3 Å². The molecular formula is C18H16ClNO2. The highest BCUT2D eigenvalue weighted by atomic mass is 35.5. The molecule has 0 radical (unpaired) electrons. The minimum atomic E-state index is -0.212. The Bertz CT molecular complexity index is 678. The second-order valence-corrected chi connectivity index (χ2v) is 4.94. The summed E-state index contributed by atoms with van der Waals surface area (Å²) in [6.07, 6.45) is 4.87. The average Bonchev–Trinajstić information content (AvgIpc) is 2.53. The lowest BCUT2D eigenvalue weighted by Gasteiger charge is -2.06. The van der Waals surface area contributed by atoms with E-state index in [-0.39, 0.29) is 5.91 Å². The van der Waals surface area contributed by atoms with Gasteiger partial charge in [0.15, 0.2) is 0 Å². The van der Waals surface area contributed by atoms with Crippen molar-refractivity contribution in [1.29, 1.82) is 0 Å². The Balaban J connectivity index is 1.96. The first kappa shape index (κ1) is 15.9. The summed E-state index contributed by atoms with van der Waals surface area (Å²) in [4.78, 5) is 11.9. The molecule has 0 aromatic heterocycles. The van der Waals surface area contributed by atoms with Crippen molar-refractivity contribution in [3.63, 3.8) is 0 Å². The number of nitrogens with one attached hydrogen (secondary N) is 1. The fourth-order valence-electron chi connectivity index (χ4n) is 1.75. The molecular weight excluding hydrogens is 298 g/mol. The SMILES string of the molecule is C=CCOc1cccc(NC(=O)/C=C/c2ccc(Cl)cc2)c1. The predicted octanol–water partition coefficient (Wildman–Crippen LogP) is 4.56. The number of hydrogen-bond acceptors (Lipinski definition) is 2. The Morgan fingerprint density at radius 3 is 2.73 bits per heavy atom. The summed E-state index contributed by atoms with van der Waals surface area (Å²) >= 11 is 5.81. The lowest BCUT2D eigenvalue weighted by Crippen LogP contribution is -2.07. The summed E-state index contributed by atoms with van der Waals surface area (Å²) in [7, 11) is 0. The molecule has 4 heteroatoms. The zero-order valence-corrected chi connectivity index (χ0v) is 12.7. The number of benzene rings is 2. The van der Waals surface area contributed by atoms with Crippen LogP contribution in [0.3, 0.4) is 0 Å². The number of carbonyl (C=O) groups excluding carboxylic acids is 1. The van der Waals surface area contributed by atoms with Gasteiger partial charge in [0.2, 0.25) is 5.91 Å². The maximum Gasteiger partial charge on any atom is 0.248 e. The number of anilines is 1. The molecule has 0 fully saturated rings. The summed E-state index contributed by atoms with van der Waals surface area (Å²) in [6, 6.07) is 14.4. The normalized spacial score (nSPS) is 10.4. The van der Waals surface area contributed by atoms with E-state index in [0.717, 1.165) is 5.56 Å². The number of ether oxygens (including phenoxy) is 1. The van der Waals surface area contributed by atoms with Crippen molar-refractivity contribution in [1.82, 2.24) is 0 Å². The van der Waals surface area contributed by atoms with E-state index in [4.69, 9.17) is 16.3 Å². The first-order valence-electron chi connectivity index (χ1n) is 6.76. The van der Waals surface area contributed by atoms with Crippen LogP contribution < -0.4 is 10.1 Å². The largest absolute Gasteiger partial charge is 0.489 e. The topological polar surface area (TPSA) is 38.3 Å². The van der Waals surface area contributed by atoms with Gasteiger partial charge in [0.05, 0.1) is 0 Å². The fraction of sp³-hybridized carbons (Fsp3) is 0.0556. The maximum atomic E-state index is 11.9. The molecule has 1 N–H and O–H groups in total. The van der Waals surface area contributed by atoms with Crippen molar-refractivity contribution >= 4 is 29.3 Å². The molecule has 0 spiro atoms. The van der Waals surface area contributed by atoms with Gasteiger partial charge in [-0.1, -0.05) is 42.5 Å². The third kappa shape index (κ3) is 5.11. The molecule has 112 valence electrons. The van der Waals surface area contributed by atoms with Gasteiger partial charge in [-0.3, -0.25) is 4.79 Å². The number of hydrogen-bond donors (Lipinski definition) is 1. The molecule has 0 saturated heterocycles. The van der Waals surface area contributed by atoms with Crippen molar-refractivity contribution in [2.24, 2.45) is 0 Å². The van der Waals surface area contributed by atoms with E-state index in [2.05, 4.69) is 11.9 Å². The molecule has 0 aliphatic heterocycles. The van der Waals surface area contributed by atoms with Crippen molar-refractivity contribution in [2.45, 2.75) is 0 Å². The molecule has 0 unspecified atom stereocenters. The smallest absolute Gasteiger partial charge is 0.248 e. The van der Waals surface area contributed by atoms with Crippen LogP contribution in [0, 0.1) is 0 Å². The van der Waals surface area contributed by atoms with Crippen molar-refractivity contribution in [2.75, 3.05) is 11.9 Å². The molecule has 0 bridgehead atoms. The number of amides is 1. The first-order chi connectivity index (χ1) is 10.7. The summed E-state index contributed by atoms with van der Waals surface area (Å²) in [5, 5.41) is 3.45. The maximum absolute atomic E-state index is 11.9. The van der Waals surface area contributed by atoms with E-state index in [1.54, 1.807) is 36.4 Å². The van der Waals surface area contributed by atoms with Crippen molar-refractivity contribution in [3.05, 3.63) is 77.8 Å². The van der Waals surface area contributed by atoms with Crippen LogP contribution in [0.4, 0.5) is 5.69 Å². The summed E-state index contributed by atoms with van der Waals surface area (Å²) in [5.41, 5.74) is 1.58. The lowest BCUT2D eigenvalue weighted by molar-refractivity contribution is -0.111. The van der Waals surface area contributed by atoms with Gasteiger partial charge >= 0.3 is 0 Å². The van der Waals surface area contributed by atoms with Gasteiger partial charge in [0.25, 0.3) is 0 Å². The van der Waals surface area contributed by atoms with E-state index in [9.17, 15) is 4.79 Å². The second-order valence-electron chi connectivity index (χ2n) is 4.50. The Kier molecular flexibility index (Phi) is 5.81. The highest BCUT2D eigenvalue weighted by Gasteiger charge is 2.00. The molecule has 0 saturated carbocycles. The van der Waals surface area contributed by atoms with Gasteiger partial charge in [-0.05, 0) is 35.9 Å². The van der Waals surface area contributed by atoms with Crippen LogP contribution in [0.25, 0.3) is 6.08 Å². The number of rotatable bonds is 6. The van der Waals surface area contributed by atoms with Crippen LogP contribution in [-0.2, 0) is 4.79 Å². The predicted molar refractivity (Wildman–Crippen MR) is 91.2 cm³/mol. The quantitative estimate of drug-likeness (QED) is 0.627. The standard InChI is InChI=1S/C18H16ClNO2/c1-2-12-22-17-5-3-4-16(13-17)20-18(21)11-8-14-6-9-15(19)10-7-14/h2-11,13H,1,12H2,(H,20,21)/b11-8+. The molecule has 0 atom stereocenters. The van der Waals surface area contributed by atoms with Gasteiger partial charge in [-0.25, -0.2) is 0 Å². The van der Waals surface area contributed by atoms with Gasteiger partial charge in [-0.2, -0.15) is 0 Å². The minimum absolute atomic E-state index is 0.212. The second kappa shape index (κ2) is 8.05. The van der Waals surface area contributed by atoms with Crippen LogP contribution >= 0.6 is 11.6 Å². The van der Waals surface area contributed by atoms with Crippen LogP contribution in [0.2, 0.25) is 5.02 Å². The van der Waals surface area contributed by atoms with Crippen LogP contribution in [0.15, 0.2) is 67.3 Å². The van der Waals surface area contributed by atoms with Crippen LogP contribution in [-0.4, -0.2) is 12.5 Å². The molecule has 2 aromatic rings. The van der Waals surface area contributed by atoms with Gasteiger partial charge in [-0.15, -0.1) is 0 Å². The first-order valence-corrected chi connectivity index (χ1v) is 7.13. The average molecular weight is 314 g/mol. The molecule has 0 aliphatic rings. The minimum Gasteiger partial charge on any atom is -0.489 e. The molecule has 2 rings (SSSR count). The Labute approximate surface area is 134 Å². The number of carbonyl (C=O) groups is 1. The molecule has 0 aliphatic carbocycles. The lowest BCUT2D eigenvalue weighted by atomic mass is 10.2. The highest BCUT2D eigenvalue weighted by molar-refractivity contribution is 6.30. The molecule has 1 amide bonds. The Morgan fingerprint density at radius 2 is 2.00 bits per heavy atom. The monoisotopic (exact) mass is 313 g/mol. The highest BCUT2D eigenvalue weighted by Crippen LogP contribution is 2.17. The van der Waals surface area contributed by atoms with Crippen molar-refractivity contribution in [3.8, 4) is 5.75 Å². The van der Waals surface area contributed by atoms with Gasteiger partial charge in [0, 0.05) is 22.9 Å². The summed E-state index contributed by atoms with van der Waals surface area (Å²) in [5.74, 6) is 0.468. The molecule has 22 heavy (non-hydrogen) atoms. The summed E-state index contributed by atoms with van der Waals surface area (Å²) in [6.45, 7) is 4.02.